The zero-order valence-corrected chi connectivity index (χ0v) is 18.6. The van der Waals surface area contributed by atoms with Crippen LogP contribution in [0.5, 0.6) is 5.75 Å². The second-order valence-corrected chi connectivity index (χ2v) is 7.83. The average Bonchev–Trinajstić information content (AvgIpc) is 3.04. The van der Waals surface area contributed by atoms with E-state index in [4.69, 9.17) is 4.74 Å². The zero-order valence-electron chi connectivity index (χ0n) is 18.6. The normalized spacial score (nSPS) is 11.3. The Balaban J connectivity index is 1.81. The van der Waals surface area contributed by atoms with E-state index in [1.807, 2.05) is 68.7 Å². The van der Waals surface area contributed by atoms with Gasteiger partial charge in [0.05, 0.1) is 0 Å². The number of nitrogens with zero attached hydrogens (tertiary/aromatic N) is 2. The maximum absolute atomic E-state index is 13.8. The molecule has 0 saturated carbocycles. The van der Waals surface area contributed by atoms with Gasteiger partial charge in [-0.2, -0.15) is 5.26 Å². The summed E-state index contributed by atoms with van der Waals surface area (Å²) in [6, 6.07) is 17.9. The van der Waals surface area contributed by atoms with Crippen LogP contribution in [0, 0.1) is 31.0 Å². The molecule has 1 amide bonds. The number of ether oxygens (including phenoxy) is 1. The van der Waals surface area contributed by atoms with Crippen LogP contribution in [0.25, 0.3) is 11.8 Å². The van der Waals surface area contributed by atoms with E-state index in [1.165, 1.54) is 6.07 Å². The van der Waals surface area contributed by atoms with Crippen LogP contribution in [0.3, 0.4) is 0 Å². The number of halogens is 1. The number of rotatable bonds is 7. The van der Waals surface area contributed by atoms with Crippen molar-refractivity contribution < 1.29 is 13.9 Å². The number of aryl methyl sites for hydroxylation is 1. The van der Waals surface area contributed by atoms with Crippen molar-refractivity contribution in [3.8, 4) is 17.5 Å². The number of nitriles is 1. The molecule has 0 unspecified atom stereocenters. The maximum atomic E-state index is 13.8. The van der Waals surface area contributed by atoms with E-state index in [-0.39, 0.29) is 29.9 Å². The molecule has 0 atom stereocenters. The smallest absolute Gasteiger partial charge is 0.262 e. The Labute approximate surface area is 187 Å². The van der Waals surface area contributed by atoms with Gasteiger partial charge in [0.2, 0.25) is 0 Å². The van der Waals surface area contributed by atoms with Crippen molar-refractivity contribution in [3.63, 3.8) is 0 Å². The van der Waals surface area contributed by atoms with Crippen molar-refractivity contribution in [3.05, 3.63) is 88.5 Å². The summed E-state index contributed by atoms with van der Waals surface area (Å²) >= 11 is 0. The summed E-state index contributed by atoms with van der Waals surface area (Å²) in [5.74, 6) is -0.0394. The molecule has 1 N–H and O–H groups in total. The van der Waals surface area contributed by atoms with Gasteiger partial charge in [-0.1, -0.05) is 18.2 Å². The number of hydrogen-bond donors (Lipinski definition) is 1. The highest BCUT2D eigenvalue weighted by Gasteiger charge is 2.14. The lowest BCUT2D eigenvalue weighted by molar-refractivity contribution is -0.117. The van der Waals surface area contributed by atoms with Crippen LogP contribution in [-0.2, 0) is 11.4 Å². The summed E-state index contributed by atoms with van der Waals surface area (Å²) in [5.41, 5.74) is 4.17. The van der Waals surface area contributed by atoms with Crippen LogP contribution < -0.4 is 10.1 Å². The maximum Gasteiger partial charge on any atom is 0.262 e. The van der Waals surface area contributed by atoms with Gasteiger partial charge in [0.25, 0.3) is 5.91 Å². The lowest BCUT2D eigenvalue weighted by Gasteiger charge is -2.12. The Morgan fingerprint density at radius 2 is 1.88 bits per heavy atom. The summed E-state index contributed by atoms with van der Waals surface area (Å²) < 4.78 is 21.5. The average molecular weight is 432 g/mol. The van der Waals surface area contributed by atoms with E-state index < -0.39 is 0 Å². The van der Waals surface area contributed by atoms with Crippen molar-refractivity contribution in [1.82, 2.24) is 9.88 Å². The number of aromatic nitrogens is 1. The molecule has 6 heteroatoms. The molecule has 0 aliphatic rings. The molecule has 32 heavy (non-hydrogen) atoms. The van der Waals surface area contributed by atoms with Crippen LogP contribution in [0.1, 0.15) is 36.4 Å². The van der Waals surface area contributed by atoms with Gasteiger partial charge >= 0.3 is 0 Å². The largest absolute Gasteiger partial charge is 0.489 e. The van der Waals surface area contributed by atoms with Crippen molar-refractivity contribution in [2.45, 2.75) is 40.3 Å². The zero-order chi connectivity index (χ0) is 23.3. The van der Waals surface area contributed by atoms with Crippen LogP contribution in [0.15, 0.2) is 60.2 Å². The van der Waals surface area contributed by atoms with Gasteiger partial charge in [-0.3, -0.25) is 4.79 Å². The van der Waals surface area contributed by atoms with Gasteiger partial charge in [0.1, 0.15) is 29.8 Å². The van der Waals surface area contributed by atoms with Crippen molar-refractivity contribution >= 4 is 12.0 Å². The first-order chi connectivity index (χ1) is 15.3. The lowest BCUT2D eigenvalue weighted by atomic mass is 10.1. The predicted octanol–water partition coefficient (Wildman–Crippen LogP) is 5.24. The molecule has 3 aromatic rings. The second kappa shape index (κ2) is 9.97. The van der Waals surface area contributed by atoms with Crippen LogP contribution >= 0.6 is 0 Å². The molecule has 164 valence electrons. The molecule has 0 radical (unpaired) electrons. The highest BCUT2D eigenvalue weighted by molar-refractivity contribution is 6.02. The number of nitrogens with one attached hydrogen (secondary N) is 1. The third kappa shape index (κ3) is 5.25. The highest BCUT2D eigenvalue weighted by Crippen LogP contribution is 2.25. The molecule has 0 bridgehead atoms. The second-order valence-electron chi connectivity index (χ2n) is 7.83. The number of amides is 1. The van der Waals surface area contributed by atoms with E-state index in [2.05, 4.69) is 5.32 Å². The molecule has 0 spiro atoms. The van der Waals surface area contributed by atoms with Crippen molar-refractivity contribution in [1.29, 1.82) is 5.26 Å². The predicted molar refractivity (Wildman–Crippen MR) is 123 cm³/mol. The minimum atomic E-state index is -0.386. The monoisotopic (exact) mass is 431 g/mol. The third-order valence-electron chi connectivity index (χ3n) is 5.00. The SMILES string of the molecule is Cc1cc(/C=C(/C#N)C(=O)NC(C)C)c(C)n1-c1ccc(OCc2ccccc2F)cc1. The summed E-state index contributed by atoms with van der Waals surface area (Å²) in [4.78, 5) is 12.2. The van der Waals surface area contributed by atoms with E-state index >= 15 is 0 Å². The van der Waals surface area contributed by atoms with E-state index in [0.29, 0.717) is 11.3 Å². The number of carbonyl (C=O) groups is 1. The molecular weight excluding hydrogens is 405 g/mol. The number of carbonyl (C=O) groups excluding carboxylic acids is 1. The van der Waals surface area contributed by atoms with Gasteiger partial charge in [0.15, 0.2) is 0 Å². The van der Waals surface area contributed by atoms with E-state index in [9.17, 15) is 14.4 Å². The molecule has 1 heterocycles. The quantitative estimate of drug-likeness (QED) is 0.411. The fourth-order valence-electron chi connectivity index (χ4n) is 3.44. The number of hydrogen-bond acceptors (Lipinski definition) is 3. The Hall–Kier alpha value is -3.85. The first kappa shape index (κ1) is 22.8. The first-order valence-electron chi connectivity index (χ1n) is 10.4. The van der Waals surface area contributed by atoms with E-state index in [1.54, 1.807) is 24.3 Å². The van der Waals surface area contributed by atoms with Gasteiger partial charge in [-0.15, -0.1) is 0 Å². The molecule has 2 aromatic carbocycles. The summed E-state index contributed by atoms with van der Waals surface area (Å²) in [6.07, 6.45) is 1.61. The molecule has 5 nitrogen and oxygen atoms in total. The summed E-state index contributed by atoms with van der Waals surface area (Å²) in [6.45, 7) is 7.76. The fourth-order valence-corrected chi connectivity index (χ4v) is 3.44. The highest BCUT2D eigenvalue weighted by atomic mass is 19.1. The Kier molecular flexibility index (Phi) is 7.11. The van der Waals surface area contributed by atoms with E-state index in [0.717, 1.165) is 22.6 Å². The first-order valence-corrected chi connectivity index (χ1v) is 10.4. The lowest BCUT2D eigenvalue weighted by Crippen LogP contribution is -2.30. The fraction of sp³-hybridized carbons (Fsp3) is 0.231. The van der Waals surface area contributed by atoms with Crippen LogP contribution in [0.2, 0.25) is 0 Å². The Bertz CT molecular complexity index is 1180. The van der Waals surface area contributed by atoms with Gasteiger partial charge < -0.3 is 14.6 Å². The van der Waals surface area contributed by atoms with Crippen LogP contribution in [0.4, 0.5) is 4.39 Å². The summed E-state index contributed by atoms with van der Waals surface area (Å²) in [5, 5.41) is 12.2. The third-order valence-corrected chi connectivity index (χ3v) is 5.00. The Morgan fingerprint density at radius 1 is 1.19 bits per heavy atom. The van der Waals surface area contributed by atoms with Crippen molar-refractivity contribution in [2.24, 2.45) is 0 Å². The molecule has 0 saturated heterocycles. The van der Waals surface area contributed by atoms with Crippen molar-refractivity contribution in [2.75, 3.05) is 0 Å². The molecule has 0 aliphatic heterocycles. The minimum Gasteiger partial charge on any atom is -0.489 e. The molecule has 3 rings (SSSR count). The molecular formula is C26H26FN3O2. The van der Waals surface area contributed by atoms with Crippen LogP contribution in [-0.4, -0.2) is 16.5 Å². The minimum absolute atomic E-state index is 0.0502. The standard InChI is InChI=1S/C26H26FN3O2/c1-17(2)29-26(31)22(15-28)14-21-13-18(3)30(19(21)4)23-9-11-24(12-10-23)32-16-20-7-5-6-8-25(20)27/h5-14,17H,16H2,1-4H3,(H,29,31)/b22-14-. The number of benzene rings is 2. The topological polar surface area (TPSA) is 67.0 Å². The van der Waals surface area contributed by atoms with Gasteiger partial charge in [0, 0.05) is 28.7 Å². The van der Waals surface area contributed by atoms with Gasteiger partial charge in [-0.05, 0) is 75.7 Å². The molecule has 1 aromatic heterocycles. The summed E-state index contributed by atoms with van der Waals surface area (Å²) in [7, 11) is 0. The molecule has 0 aliphatic carbocycles. The molecule has 0 fully saturated rings. The Morgan fingerprint density at radius 3 is 2.50 bits per heavy atom. The van der Waals surface area contributed by atoms with Gasteiger partial charge in [-0.25, -0.2) is 4.39 Å².